The van der Waals surface area contributed by atoms with E-state index >= 15 is 0 Å². The minimum Gasteiger partial charge on any atom is -0.494 e. The molecule has 0 spiro atoms. The van der Waals surface area contributed by atoms with Crippen molar-refractivity contribution in [3.63, 3.8) is 0 Å². The van der Waals surface area contributed by atoms with Crippen molar-refractivity contribution in [2.24, 2.45) is 0 Å². The van der Waals surface area contributed by atoms with Crippen LogP contribution in [0.25, 0.3) is 0 Å². The average molecular weight is 487 g/mol. The van der Waals surface area contributed by atoms with E-state index < -0.39 is 6.04 Å². The molecule has 2 aromatic carbocycles. The van der Waals surface area contributed by atoms with Gasteiger partial charge in [0.15, 0.2) is 0 Å². The zero-order chi connectivity index (χ0) is 22.1. The molecule has 0 radical (unpaired) electrons. The average Bonchev–Trinajstić information content (AvgIpc) is 3.28. The molecule has 0 bridgehead atoms. The summed E-state index contributed by atoms with van der Waals surface area (Å²) in [6.07, 6.45) is 5.29. The highest BCUT2D eigenvalue weighted by Gasteiger charge is 2.28. The van der Waals surface area contributed by atoms with E-state index in [1.165, 1.54) is 0 Å². The van der Waals surface area contributed by atoms with Gasteiger partial charge in [-0.3, -0.25) is 9.59 Å². The second-order valence-electron chi connectivity index (χ2n) is 8.08. The van der Waals surface area contributed by atoms with Crippen LogP contribution in [0.1, 0.15) is 51.0 Å². The number of nitrogens with one attached hydrogen (secondary N) is 1. The van der Waals surface area contributed by atoms with Gasteiger partial charge in [-0.05, 0) is 56.0 Å². The molecule has 1 fully saturated rings. The summed E-state index contributed by atoms with van der Waals surface area (Å²) in [5.74, 6) is 0.687. The SMILES string of the molecule is C[C@@H](C(=O)NC1CCCC1)N(Cc1cccc(Br)c1)C(=O)CCCOc1ccccc1. The highest BCUT2D eigenvalue weighted by atomic mass is 79.9. The fraction of sp³-hybridized carbons (Fsp3) is 0.440. The van der Waals surface area contributed by atoms with Gasteiger partial charge in [-0.25, -0.2) is 0 Å². The summed E-state index contributed by atoms with van der Waals surface area (Å²) < 4.78 is 6.67. The zero-order valence-electron chi connectivity index (χ0n) is 18.1. The molecule has 166 valence electrons. The van der Waals surface area contributed by atoms with Crippen LogP contribution < -0.4 is 10.1 Å². The van der Waals surface area contributed by atoms with Crippen molar-refractivity contribution in [3.8, 4) is 5.75 Å². The Morgan fingerprint density at radius 3 is 2.58 bits per heavy atom. The van der Waals surface area contributed by atoms with Crippen LogP contribution in [0.4, 0.5) is 0 Å². The van der Waals surface area contributed by atoms with Crippen LogP contribution in [0.15, 0.2) is 59.1 Å². The van der Waals surface area contributed by atoms with E-state index in [2.05, 4.69) is 21.2 Å². The fourth-order valence-corrected chi connectivity index (χ4v) is 4.33. The van der Waals surface area contributed by atoms with E-state index in [4.69, 9.17) is 4.74 Å². The first-order valence-corrected chi connectivity index (χ1v) is 11.8. The number of nitrogens with zero attached hydrogens (tertiary/aromatic N) is 1. The third kappa shape index (κ3) is 7.39. The van der Waals surface area contributed by atoms with Crippen molar-refractivity contribution < 1.29 is 14.3 Å². The highest BCUT2D eigenvalue weighted by molar-refractivity contribution is 9.10. The molecular formula is C25H31BrN2O3. The van der Waals surface area contributed by atoms with Crippen LogP contribution in [0.3, 0.4) is 0 Å². The highest BCUT2D eigenvalue weighted by Crippen LogP contribution is 2.20. The van der Waals surface area contributed by atoms with Crippen LogP contribution >= 0.6 is 15.9 Å². The van der Waals surface area contributed by atoms with Crippen molar-refractivity contribution in [1.29, 1.82) is 0 Å². The molecular weight excluding hydrogens is 456 g/mol. The van der Waals surface area contributed by atoms with Crippen molar-refractivity contribution in [2.75, 3.05) is 6.61 Å². The van der Waals surface area contributed by atoms with Crippen molar-refractivity contribution in [2.45, 2.75) is 64.1 Å². The molecule has 0 aliphatic heterocycles. The second-order valence-corrected chi connectivity index (χ2v) is 9.00. The number of halogens is 1. The minimum absolute atomic E-state index is 0.0364. The molecule has 1 N–H and O–H groups in total. The number of carbonyl (C=O) groups is 2. The first kappa shape index (κ1) is 23.3. The topological polar surface area (TPSA) is 58.6 Å². The van der Waals surface area contributed by atoms with Gasteiger partial charge < -0.3 is 15.0 Å². The molecule has 3 rings (SSSR count). The minimum atomic E-state index is -0.526. The molecule has 6 heteroatoms. The van der Waals surface area contributed by atoms with Gasteiger partial charge in [0.25, 0.3) is 0 Å². The van der Waals surface area contributed by atoms with E-state index in [-0.39, 0.29) is 17.9 Å². The molecule has 5 nitrogen and oxygen atoms in total. The molecule has 1 saturated carbocycles. The Morgan fingerprint density at radius 2 is 1.87 bits per heavy atom. The number of para-hydroxylation sites is 1. The van der Waals surface area contributed by atoms with Gasteiger partial charge >= 0.3 is 0 Å². The quantitative estimate of drug-likeness (QED) is 0.476. The van der Waals surface area contributed by atoms with Crippen LogP contribution in [0.5, 0.6) is 5.75 Å². The van der Waals surface area contributed by atoms with Crippen LogP contribution in [-0.2, 0) is 16.1 Å². The lowest BCUT2D eigenvalue weighted by Crippen LogP contribution is -2.49. The van der Waals surface area contributed by atoms with Crippen molar-refractivity contribution in [1.82, 2.24) is 10.2 Å². The monoisotopic (exact) mass is 486 g/mol. The maximum absolute atomic E-state index is 13.1. The van der Waals surface area contributed by atoms with Crippen molar-refractivity contribution >= 4 is 27.7 Å². The molecule has 0 aromatic heterocycles. The third-order valence-electron chi connectivity index (χ3n) is 5.66. The second kappa shape index (κ2) is 11.9. The summed E-state index contributed by atoms with van der Waals surface area (Å²) in [6, 6.07) is 17.1. The van der Waals surface area contributed by atoms with E-state index in [9.17, 15) is 9.59 Å². The summed E-state index contributed by atoms with van der Waals surface area (Å²) in [6.45, 7) is 2.68. The number of amides is 2. The summed E-state index contributed by atoms with van der Waals surface area (Å²) >= 11 is 3.49. The maximum atomic E-state index is 13.1. The number of hydrogen-bond acceptors (Lipinski definition) is 3. The molecule has 1 aliphatic rings. The van der Waals surface area contributed by atoms with E-state index in [0.29, 0.717) is 26.0 Å². The van der Waals surface area contributed by atoms with Gasteiger partial charge in [0.1, 0.15) is 11.8 Å². The Kier molecular flexibility index (Phi) is 8.95. The Bertz CT molecular complexity index is 853. The van der Waals surface area contributed by atoms with Gasteiger partial charge in [0, 0.05) is 23.5 Å². The Balaban J connectivity index is 1.60. The molecule has 1 aliphatic carbocycles. The molecule has 31 heavy (non-hydrogen) atoms. The summed E-state index contributed by atoms with van der Waals surface area (Å²) in [4.78, 5) is 27.7. The number of rotatable bonds is 10. The predicted molar refractivity (Wildman–Crippen MR) is 126 cm³/mol. The molecule has 0 unspecified atom stereocenters. The lowest BCUT2D eigenvalue weighted by molar-refractivity contribution is -0.141. The molecule has 2 aromatic rings. The Labute approximate surface area is 193 Å². The molecule has 0 saturated heterocycles. The van der Waals surface area contributed by atoms with Crippen LogP contribution in [0.2, 0.25) is 0 Å². The van der Waals surface area contributed by atoms with Crippen LogP contribution in [0, 0.1) is 0 Å². The summed E-state index contributed by atoms with van der Waals surface area (Å²) in [7, 11) is 0. The number of carbonyl (C=O) groups excluding carboxylic acids is 2. The van der Waals surface area contributed by atoms with Gasteiger partial charge in [0.2, 0.25) is 11.8 Å². The predicted octanol–water partition coefficient (Wildman–Crippen LogP) is 5.08. The normalized spacial score (nSPS) is 14.8. The van der Waals surface area contributed by atoms with E-state index in [0.717, 1.165) is 41.5 Å². The maximum Gasteiger partial charge on any atom is 0.242 e. The Hall–Kier alpha value is -2.34. The fourth-order valence-electron chi connectivity index (χ4n) is 3.88. The molecule has 0 heterocycles. The van der Waals surface area contributed by atoms with Gasteiger partial charge in [-0.2, -0.15) is 0 Å². The van der Waals surface area contributed by atoms with Gasteiger partial charge in [-0.15, -0.1) is 0 Å². The largest absolute Gasteiger partial charge is 0.494 e. The number of benzene rings is 2. The first-order valence-electron chi connectivity index (χ1n) is 11.0. The number of ether oxygens (including phenoxy) is 1. The standard InChI is InChI=1S/C25H31BrN2O3/c1-19(25(30)27-22-11-5-6-12-22)28(18-20-9-7-10-21(26)17-20)24(29)15-8-16-31-23-13-3-2-4-14-23/h2-4,7,9-10,13-14,17,19,22H,5-6,8,11-12,15-16,18H2,1H3,(H,27,30)/t19-/m0/s1. The summed E-state index contributed by atoms with van der Waals surface area (Å²) in [5.41, 5.74) is 0.990. The van der Waals surface area contributed by atoms with Gasteiger partial charge in [-0.1, -0.05) is 59.1 Å². The van der Waals surface area contributed by atoms with Crippen molar-refractivity contribution in [3.05, 3.63) is 64.6 Å². The molecule has 2 amide bonds. The molecule has 1 atom stereocenters. The van der Waals surface area contributed by atoms with Gasteiger partial charge in [0.05, 0.1) is 6.61 Å². The third-order valence-corrected chi connectivity index (χ3v) is 6.15. The lowest BCUT2D eigenvalue weighted by atomic mass is 10.1. The first-order chi connectivity index (χ1) is 15.0. The number of hydrogen-bond donors (Lipinski definition) is 1. The Morgan fingerprint density at radius 1 is 1.13 bits per heavy atom. The smallest absolute Gasteiger partial charge is 0.242 e. The lowest BCUT2D eigenvalue weighted by Gasteiger charge is -2.30. The zero-order valence-corrected chi connectivity index (χ0v) is 19.6. The summed E-state index contributed by atoms with van der Waals surface area (Å²) in [5, 5.41) is 3.13. The van der Waals surface area contributed by atoms with E-state index in [1.807, 2.05) is 61.5 Å². The van der Waals surface area contributed by atoms with Crippen LogP contribution in [-0.4, -0.2) is 35.4 Å². The van der Waals surface area contributed by atoms with E-state index in [1.54, 1.807) is 4.90 Å².